The summed E-state index contributed by atoms with van der Waals surface area (Å²) >= 11 is 0. The van der Waals surface area contributed by atoms with E-state index in [0.29, 0.717) is 0 Å². The lowest BCUT2D eigenvalue weighted by atomic mass is 9.80. The molecule has 0 spiro atoms. The number of hydrogen-bond acceptors (Lipinski definition) is 2. The summed E-state index contributed by atoms with van der Waals surface area (Å²) in [6.45, 7) is 0. The Morgan fingerprint density at radius 1 is 0.583 bits per heavy atom. The Labute approximate surface area is 148 Å². The standard InChI is InChI=1S/C20H24O2P2/c23-21-17-11-9-13-5-1-3-7-15(13)19(17)20-16-8-4-2-6-14(16)10-12-18(20)22-24/h9-12H,1-8,23-24H2. The molecular weight excluding hydrogens is 334 g/mol. The molecule has 2 nitrogen and oxygen atoms in total. The van der Waals surface area contributed by atoms with Crippen LogP contribution in [0.4, 0.5) is 0 Å². The molecule has 2 atom stereocenters. The third kappa shape index (κ3) is 2.75. The van der Waals surface area contributed by atoms with Crippen LogP contribution >= 0.6 is 18.9 Å². The maximum atomic E-state index is 5.71. The van der Waals surface area contributed by atoms with Gasteiger partial charge in [0.05, 0.1) is 18.9 Å². The van der Waals surface area contributed by atoms with Gasteiger partial charge < -0.3 is 9.05 Å². The van der Waals surface area contributed by atoms with Crippen molar-refractivity contribution in [2.24, 2.45) is 0 Å². The minimum atomic E-state index is 0.947. The summed E-state index contributed by atoms with van der Waals surface area (Å²) < 4.78 is 11.4. The topological polar surface area (TPSA) is 18.5 Å². The van der Waals surface area contributed by atoms with Crippen LogP contribution in [0, 0.1) is 0 Å². The Morgan fingerprint density at radius 2 is 1.00 bits per heavy atom. The first-order chi connectivity index (χ1) is 11.8. The molecule has 0 saturated heterocycles. The molecule has 2 aliphatic carbocycles. The predicted molar refractivity (Wildman–Crippen MR) is 106 cm³/mol. The molecule has 24 heavy (non-hydrogen) atoms. The van der Waals surface area contributed by atoms with Crippen LogP contribution in [-0.2, 0) is 25.7 Å². The number of fused-ring (bicyclic) bond motifs is 2. The first kappa shape index (κ1) is 16.4. The summed E-state index contributed by atoms with van der Waals surface area (Å²) in [4.78, 5) is 0. The summed E-state index contributed by atoms with van der Waals surface area (Å²) in [5.41, 5.74) is 8.40. The molecule has 0 aromatic heterocycles. The van der Waals surface area contributed by atoms with Gasteiger partial charge in [0, 0.05) is 11.1 Å². The quantitative estimate of drug-likeness (QED) is 0.680. The van der Waals surface area contributed by atoms with Gasteiger partial charge in [-0.25, -0.2) is 0 Å². The van der Waals surface area contributed by atoms with Crippen LogP contribution in [0.25, 0.3) is 11.1 Å². The molecule has 2 aliphatic rings. The largest absolute Gasteiger partial charge is 0.480 e. The van der Waals surface area contributed by atoms with Crippen molar-refractivity contribution in [2.45, 2.75) is 51.4 Å². The third-order valence-electron chi connectivity index (χ3n) is 5.49. The Hall–Kier alpha value is -1.10. The summed E-state index contributed by atoms with van der Waals surface area (Å²) in [6.07, 6.45) is 9.69. The molecule has 0 amide bonds. The summed E-state index contributed by atoms with van der Waals surface area (Å²) in [6, 6.07) is 8.74. The average molecular weight is 358 g/mol. The van der Waals surface area contributed by atoms with Crippen molar-refractivity contribution in [3.05, 3.63) is 46.5 Å². The fraction of sp³-hybridized carbons (Fsp3) is 0.400. The highest BCUT2D eigenvalue weighted by Gasteiger charge is 2.25. The van der Waals surface area contributed by atoms with Gasteiger partial charge in [-0.1, -0.05) is 12.1 Å². The summed E-state index contributed by atoms with van der Waals surface area (Å²) in [7, 11) is 4.85. The zero-order chi connectivity index (χ0) is 16.5. The Balaban J connectivity index is 2.02. The van der Waals surface area contributed by atoms with Crippen LogP contribution in [0.2, 0.25) is 0 Å². The van der Waals surface area contributed by atoms with Crippen molar-refractivity contribution in [3.63, 3.8) is 0 Å². The third-order valence-corrected chi connectivity index (χ3v) is 6.00. The van der Waals surface area contributed by atoms with E-state index in [9.17, 15) is 0 Å². The van der Waals surface area contributed by atoms with E-state index in [1.165, 1.54) is 71.9 Å². The van der Waals surface area contributed by atoms with E-state index >= 15 is 0 Å². The van der Waals surface area contributed by atoms with Crippen LogP contribution in [0.3, 0.4) is 0 Å². The van der Waals surface area contributed by atoms with E-state index in [1.54, 1.807) is 0 Å². The highest BCUT2D eigenvalue weighted by atomic mass is 31.0. The van der Waals surface area contributed by atoms with Crippen LogP contribution < -0.4 is 9.05 Å². The fourth-order valence-corrected chi connectivity index (χ4v) is 4.75. The van der Waals surface area contributed by atoms with Crippen LogP contribution in [-0.4, -0.2) is 0 Å². The number of rotatable bonds is 3. The molecule has 2 aromatic rings. The van der Waals surface area contributed by atoms with Gasteiger partial charge in [-0.15, -0.1) is 0 Å². The second-order valence-corrected chi connectivity index (χ2v) is 7.27. The van der Waals surface area contributed by atoms with Crippen LogP contribution in [0.15, 0.2) is 24.3 Å². The van der Waals surface area contributed by atoms with Gasteiger partial charge in [0.1, 0.15) is 11.5 Å². The molecule has 0 heterocycles. The number of benzene rings is 2. The van der Waals surface area contributed by atoms with Gasteiger partial charge in [0.25, 0.3) is 0 Å². The molecule has 126 valence electrons. The maximum absolute atomic E-state index is 5.71. The molecule has 2 aromatic carbocycles. The van der Waals surface area contributed by atoms with Crippen molar-refractivity contribution >= 4 is 18.9 Å². The highest BCUT2D eigenvalue weighted by Crippen LogP contribution is 2.47. The van der Waals surface area contributed by atoms with Gasteiger partial charge in [-0.3, -0.25) is 0 Å². The molecule has 4 heteroatoms. The molecule has 0 N–H and O–H groups in total. The van der Waals surface area contributed by atoms with Crippen LogP contribution in [0.1, 0.15) is 47.9 Å². The molecule has 0 aliphatic heterocycles. The molecule has 0 saturated carbocycles. The van der Waals surface area contributed by atoms with E-state index in [2.05, 4.69) is 43.2 Å². The molecule has 4 rings (SSSR count). The Morgan fingerprint density at radius 3 is 1.42 bits per heavy atom. The second-order valence-electron chi connectivity index (χ2n) is 6.80. The Bertz CT molecular complexity index is 705. The average Bonchev–Trinajstić information content (AvgIpc) is 2.66. The zero-order valence-electron chi connectivity index (χ0n) is 13.9. The monoisotopic (exact) mass is 358 g/mol. The molecular formula is C20H24O2P2. The molecule has 2 unspecified atom stereocenters. The Kier molecular flexibility index (Phi) is 4.79. The lowest BCUT2D eigenvalue weighted by Crippen LogP contribution is -2.09. The molecule has 0 radical (unpaired) electrons. The predicted octanol–water partition coefficient (Wildman–Crippen LogP) is 5.45. The van der Waals surface area contributed by atoms with E-state index in [1.807, 2.05) is 0 Å². The van der Waals surface area contributed by atoms with Crippen molar-refractivity contribution < 1.29 is 9.05 Å². The molecule has 0 fully saturated rings. The van der Waals surface area contributed by atoms with E-state index in [4.69, 9.17) is 9.05 Å². The van der Waals surface area contributed by atoms with Crippen LogP contribution in [0.5, 0.6) is 11.5 Å². The maximum Gasteiger partial charge on any atom is 0.130 e. The van der Waals surface area contributed by atoms with Crippen molar-refractivity contribution in [1.82, 2.24) is 0 Å². The van der Waals surface area contributed by atoms with Crippen molar-refractivity contribution in [2.75, 3.05) is 0 Å². The van der Waals surface area contributed by atoms with Crippen molar-refractivity contribution in [3.8, 4) is 22.6 Å². The van der Waals surface area contributed by atoms with E-state index < -0.39 is 0 Å². The minimum Gasteiger partial charge on any atom is -0.480 e. The van der Waals surface area contributed by atoms with Gasteiger partial charge in [0.15, 0.2) is 0 Å². The first-order valence-electron chi connectivity index (χ1n) is 8.87. The van der Waals surface area contributed by atoms with E-state index in [0.717, 1.165) is 24.3 Å². The normalized spacial score (nSPS) is 16.2. The summed E-state index contributed by atoms with van der Waals surface area (Å²) in [5, 5.41) is 0. The number of hydrogen-bond donors (Lipinski definition) is 0. The van der Waals surface area contributed by atoms with Gasteiger partial charge in [0.2, 0.25) is 0 Å². The second kappa shape index (κ2) is 7.03. The van der Waals surface area contributed by atoms with Gasteiger partial charge in [-0.2, -0.15) is 0 Å². The SMILES string of the molecule is POc1ccc2c(c1-c1c(OP)ccc3c1CCCC3)CCCC2. The number of aryl methyl sites for hydroxylation is 2. The van der Waals surface area contributed by atoms with E-state index in [-0.39, 0.29) is 0 Å². The lowest BCUT2D eigenvalue weighted by molar-refractivity contribution is 0.623. The smallest absolute Gasteiger partial charge is 0.130 e. The van der Waals surface area contributed by atoms with Crippen molar-refractivity contribution in [1.29, 1.82) is 0 Å². The first-order valence-corrected chi connectivity index (χ1v) is 9.81. The fourth-order valence-electron chi connectivity index (χ4n) is 4.36. The van der Waals surface area contributed by atoms with Gasteiger partial charge in [-0.05, 0) is 85.8 Å². The van der Waals surface area contributed by atoms with Gasteiger partial charge >= 0.3 is 0 Å². The highest BCUT2D eigenvalue weighted by molar-refractivity contribution is 7.10. The lowest BCUT2D eigenvalue weighted by Gasteiger charge is -2.27. The minimum absolute atomic E-state index is 0.947. The zero-order valence-corrected chi connectivity index (χ0v) is 16.2. The molecule has 0 bridgehead atoms. The summed E-state index contributed by atoms with van der Waals surface area (Å²) in [5.74, 6) is 1.89.